The van der Waals surface area contributed by atoms with Crippen molar-refractivity contribution in [1.29, 1.82) is 0 Å². The molecule has 0 aromatic heterocycles. The van der Waals surface area contributed by atoms with E-state index >= 15 is 0 Å². The third kappa shape index (κ3) is 34.0. The summed E-state index contributed by atoms with van der Waals surface area (Å²) in [4.78, 5) is 20.5. The summed E-state index contributed by atoms with van der Waals surface area (Å²) in [6.07, 6.45) is 24.7. The van der Waals surface area contributed by atoms with Gasteiger partial charge in [0.15, 0.2) is 0 Å². The molecule has 0 aliphatic rings. The Morgan fingerprint density at radius 3 is 1.04 bits per heavy atom. The molecular formula is C21H43K2O4P. The number of hydrogen-bond donors (Lipinski definition) is 0. The van der Waals surface area contributed by atoms with Crippen molar-refractivity contribution >= 4 is 7.82 Å². The molecule has 0 unspecified atom stereocenters. The largest absolute Gasteiger partial charge is 1.00 e. The van der Waals surface area contributed by atoms with Crippen LogP contribution in [0.25, 0.3) is 0 Å². The van der Waals surface area contributed by atoms with E-state index in [1.807, 2.05) is 0 Å². The SMILES string of the molecule is CCCCCCCCCCCCCCCCCCCCCOP(=O)([O-])[O-].[K+].[K+]. The van der Waals surface area contributed by atoms with E-state index in [0.717, 1.165) is 12.8 Å². The van der Waals surface area contributed by atoms with Gasteiger partial charge in [-0.25, -0.2) is 0 Å². The smallest absolute Gasteiger partial charge is 0.790 e. The van der Waals surface area contributed by atoms with E-state index in [2.05, 4.69) is 11.4 Å². The maximum absolute atomic E-state index is 10.3. The Morgan fingerprint density at radius 1 is 0.536 bits per heavy atom. The molecule has 0 N–H and O–H groups in total. The Balaban J connectivity index is -0.00000312. The zero-order valence-corrected chi connectivity index (χ0v) is 26.4. The van der Waals surface area contributed by atoms with Crippen LogP contribution in [0.3, 0.4) is 0 Å². The summed E-state index contributed by atoms with van der Waals surface area (Å²) in [6.45, 7) is 2.32. The quantitative estimate of drug-likeness (QED) is 0.138. The van der Waals surface area contributed by atoms with Gasteiger partial charge in [0.05, 0.1) is 14.4 Å². The Labute approximate surface area is 260 Å². The summed E-state index contributed by atoms with van der Waals surface area (Å²) in [6, 6.07) is 0. The average Bonchev–Trinajstić information content (AvgIpc) is 2.59. The molecule has 0 rings (SSSR count). The molecule has 0 saturated heterocycles. The van der Waals surface area contributed by atoms with E-state index in [0.29, 0.717) is 6.42 Å². The molecule has 7 heteroatoms. The van der Waals surface area contributed by atoms with Crippen LogP contribution in [0.5, 0.6) is 0 Å². The minimum atomic E-state index is -4.76. The van der Waals surface area contributed by atoms with Gasteiger partial charge < -0.3 is 18.9 Å². The molecule has 0 aromatic rings. The van der Waals surface area contributed by atoms with Gasteiger partial charge in [0.25, 0.3) is 0 Å². The molecular weight excluding hydrogens is 425 g/mol. The van der Waals surface area contributed by atoms with Crippen LogP contribution in [0, 0.1) is 0 Å². The van der Waals surface area contributed by atoms with Crippen LogP contribution in [0.1, 0.15) is 129 Å². The molecule has 0 aromatic carbocycles. The molecule has 28 heavy (non-hydrogen) atoms. The van der Waals surface area contributed by atoms with E-state index < -0.39 is 7.82 Å². The van der Waals surface area contributed by atoms with Gasteiger partial charge in [0.2, 0.25) is 0 Å². The number of rotatable bonds is 21. The molecule has 0 bridgehead atoms. The predicted molar refractivity (Wildman–Crippen MR) is 107 cm³/mol. The van der Waals surface area contributed by atoms with Crippen molar-refractivity contribution in [2.24, 2.45) is 0 Å². The minimum Gasteiger partial charge on any atom is -0.790 e. The molecule has 0 atom stereocenters. The third-order valence-corrected chi connectivity index (χ3v) is 5.50. The van der Waals surface area contributed by atoms with Crippen molar-refractivity contribution in [2.45, 2.75) is 129 Å². The van der Waals surface area contributed by atoms with Crippen LogP contribution in [-0.2, 0) is 9.09 Å². The van der Waals surface area contributed by atoms with Crippen molar-refractivity contribution in [3.8, 4) is 0 Å². The molecule has 0 aliphatic heterocycles. The molecule has 158 valence electrons. The van der Waals surface area contributed by atoms with E-state index in [-0.39, 0.29) is 109 Å². The molecule has 0 fully saturated rings. The first-order valence-corrected chi connectivity index (χ1v) is 12.7. The van der Waals surface area contributed by atoms with Crippen LogP contribution in [-0.4, -0.2) is 6.61 Å². The molecule has 0 amide bonds. The van der Waals surface area contributed by atoms with E-state index in [1.54, 1.807) is 0 Å². The van der Waals surface area contributed by atoms with Gasteiger partial charge in [-0.3, -0.25) is 0 Å². The Morgan fingerprint density at radius 2 is 0.786 bits per heavy atom. The van der Waals surface area contributed by atoms with Crippen molar-refractivity contribution in [3.63, 3.8) is 0 Å². The average molecular weight is 469 g/mol. The maximum atomic E-state index is 10.3. The first-order valence-electron chi connectivity index (χ1n) is 11.2. The fourth-order valence-corrected chi connectivity index (χ4v) is 3.71. The summed E-state index contributed by atoms with van der Waals surface area (Å²) < 4.78 is 14.5. The number of hydrogen-bond acceptors (Lipinski definition) is 4. The number of phosphoric acid groups is 1. The zero-order valence-electron chi connectivity index (χ0n) is 19.2. The van der Waals surface area contributed by atoms with Crippen molar-refractivity contribution in [2.75, 3.05) is 6.61 Å². The summed E-state index contributed by atoms with van der Waals surface area (Å²) in [5, 5.41) is 0. The predicted octanol–water partition coefficient (Wildman–Crippen LogP) is 0.272. The van der Waals surface area contributed by atoms with Crippen molar-refractivity contribution in [1.82, 2.24) is 0 Å². The second kappa shape index (κ2) is 28.4. The van der Waals surface area contributed by atoms with Crippen LogP contribution >= 0.6 is 7.82 Å². The first kappa shape index (κ1) is 36.0. The Hall–Kier alpha value is 3.38. The first-order chi connectivity index (χ1) is 12.6. The van der Waals surface area contributed by atoms with Gasteiger partial charge in [-0.05, 0) is 6.42 Å². The van der Waals surface area contributed by atoms with Gasteiger partial charge in [-0.2, -0.15) is 0 Å². The topological polar surface area (TPSA) is 72.4 Å². The summed E-state index contributed by atoms with van der Waals surface area (Å²) in [5.74, 6) is 0. The van der Waals surface area contributed by atoms with Gasteiger partial charge in [-0.15, -0.1) is 0 Å². The summed E-state index contributed by atoms with van der Waals surface area (Å²) in [5.41, 5.74) is 0. The standard InChI is InChI=1S/C21H45O4P.2K/c1-2-3-4-5-6-7-8-9-10-11-12-13-14-15-16-17-18-19-20-21-25-26(22,23)24;;/h2-21H2,1H3,(H2,22,23,24);;/q;2*+1/p-2. The molecule has 0 heterocycles. The molecule has 0 saturated carbocycles. The fraction of sp³-hybridized carbons (Fsp3) is 1.00. The van der Waals surface area contributed by atoms with E-state index in [1.165, 1.54) is 103 Å². The van der Waals surface area contributed by atoms with Crippen molar-refractivity contribution in [3.05, 3.63) is 0 Å². The molecule has 4 nitrogen and oxygen atoms in total. The van der Waals surface area contributed by atoms with Gasteiger partial charge >= 0.3 is 103 Å². The van der Waals surface area contributed by atoms with Crippen LogP contribution < -0.4 is 113 Å². The van der Waals surface area contributed by atoms with Gasteiger partial charge in [0, 0.05) is 0 Å². The molecule has 0 aliphatic carbocycles. The Kier molecular flexibility index (Phi) is 36.5. The fourth-order valence-electron chi connectivity index (χ4n) is 3.36. The third-order valence-electron chi connectivity index (χ3n) is 5.00. The van der Waals surface area contributed by atoms with Crippen LogP contribution in [0.4, 0.5) is 0 Å². The Bertz CT molecular complexity index is 328. The van der Waals surface area contributed by atoms with Gasteiger partial charge in [-0.1, -0.05) is 122 Å². The van der Waals surface area contributed by atoms with Crippen molar-refractivity contribution < 1.29 is 122 Å². The molecule has 0 spiro atoms. The van der Waals surface area contributed by atoms with E-state index in [4.69, 9.17) is 0 Å². The summed E-state index contributed by atoms with van der Waals surface area (Å²) >= 11 is 0. The number of unbranched alkanes of at least 4 members (excludes halogenated alkanes) is 18. The van der Waals surface area contributed by atoms with Crippen LogP contribution in [0.2, 0.25) is 0 Å². The molecule has 0 radical (unpaired) electrons. The zero-order chi connectivity index (χ0) is 19.3. The van der Waals surface area contributed by atoms with E-state index in [9.17, 15) is 14.4 Å². The second-order valence-electron chi connectivity index (χ2n) is 7.64. The minimum absolute atomic E-state index is 0. The number of phosphoric ester groups is 1. The second-order valence-corrected chi connectivity index (χ2v) is 8.80. The monoisotopic (exact) mass is 468 g/mol. The normalized spacial score (nSPS) is 11.1. The maximum Gasteiger partial charge on any atom is 1.00 e. The van der Waals surface area contributed by atoms with Crippen LogP contribution in [0.15, 0.2) is 0 Å². The van der Waals surface area contributed by atoms with Gasteiger partial charge in [0.1, 0.15) is 0 Å². The summed E-state index contributed by atoms with van der Waals surface area (Å²) in [7, 11) is -4.76.